The third-order valence-corrected chi connectivity index (χ3v) is 3.45. The Hall–Kier alpha value is -0.980. The van der Waals surface area contributed by atoms with Gasteiger partial charge in [-0.3, -0.25) is 4.99 Å². The van der Waals surface area contributed by atoms with Crippen LogP contribution in [0.4, 0.5) is 5.69 Å². The Bertz CT molecular complexity index is 400. The second kappa shape index (κ2) is 9.05. The Balaban J connectivity index is 0.00000200. The molecule has 5 heteroatoms. The number of aliphatic imine (C=N–C) groups is 1. The summed E-state index contributed by atoms with van der Waals surface area (Å²) in [4.78, 5) is 9.14. The molecule has 1 N–H and O–H groups in total. The van der Waals surface area contributed by atoms with E-state index in [4.69, 9.17) is 0 Å². The normalized spacial score (nSPS) is 15.8. The zero-order valence-electron chi connectivity index (χ0n) is 12.4. The fourth-order valence-electron chi connectivity index (χ4n) is 2.38. The number of nitrogens with one attached hydrogen (secondary N) is 1. The lowest BCUT2D eigenvalue weighted by atomic mass is 10.2. The molecule has 0 amide bonds. The minimum atomic E-state index is 0. The van der Waals surface area contributed by atoms with Crippen molar-refractivity contribution in [3.05, 3.63) is 30.3 Å². The zero-order chi connectivity index (χ0) is 13.5. The van der Waals surface area contributed by atoms with Crippen LogP contribution in [0.5, 0.6) is 0 Å². The highest BCUT2D eigenvalue weighted by molar-refractivity contribution is 14.0. The van der Waals surface area contributed by atoms with Crippen LogP contribution in [-0.4, -0.2) is 50.6 Å². The molecule has 4 nitrogen and oxygen atoms in total. The monoisotopic (exact) mass is 388 g/mol. The molecule has 1 aromatic carbocycles. The van der Waals surface area contributed by atoms with Crippen LogP contribution in [-0.2, 0) is 0 Å². The molecule has 0 radical (unpaired) electrons. The van der Waals surface area contributed by atoms with E-state index in [1.54, 1.807) is 0 Å². The van der Waals surface area contributed by atoms with Crippen LogP contribution in [0, 0.1) is 0 Å². The van der Waals surface area contributed by atoms with Crippen molar-refractivity contribution in [3.63, 3.8) is 0 Å². The largest absolute Gasteiger partial charge is 0.368 e. The first-order chi connectivity index (χ1) is 9.35. The number of halogens is 1. The highest BCUT2D eigenvalue weighted by Gasteiger charge is 2.19. The van der Waals surface area contributed by atoms with Crippen molar-refractivity contribution in [2.75, 3.05) is 44.7 Å². The Morgan fingerprint density at radius 1 is 1.15 bits per heavy atom. The maximum Gasteiger partial charge on any atom is 0.193 e. The molecule has 1 aliphatic heterocycles. The molecule has 0 aliphatic carbocycles. The first kappa shape index (κ1) is 17.1. The molecule has 0 spiro atoms. The summed E-state index contributed by atoms with van der Waals surface area (Å²) in [6.45, 7) is 7.32. The highest BCUT2D eigenvalue weighted by atomic mass is 127. The van der Waals surface area contributed by atoms with Crippen LogP contribution >= 0.6 is 24.0 Å². The van der Waals surface area contributed by atoms with E-state index in [2.05, 4.69) is 57.4 Å². The van der Waals surface area contributed by atoms with Gasteiger partial charge in [0.25, 0.3) is 0 Å². The maximum absolute atomic E-state index is 4.36. The number of guanidine groups is 1. The fourth-order valence-corrected chi connectivity index (χ4v) is 2.38. The van der Waals surface area contributed by atoms with Gasteiger partial charge in [0, 0.05) is 45.5 Å². The molecule has 1 aromatic rings. The summed E-state index contributed by atoms with van der Waals surface area (Å²) in [5.74, 6) is 1.04. The number of para-hydroxylation sites is 1. The Kier molecular flexibility index (Phi) is 7.72. The summed E-state index contributed by atoms with van der Waals surface area (Å²) >= 11 is 0. The third-order valence-electron chi connectivity index (χ3n) is 3.45. The molecule has 20 heavy (non-hydrogen) atoms. The summed E-state index contributed by atoms with van der Waals surface area (Å²) in [7, 11) is 1.86. The quantitative estimate of drug-likeness (QED) is 0.490. The van der Waals surface area contributed by atoms with E-state index in [9.17, 15) is 0 Å². The van der Waals surface area contributed by atoms with Crippen molar-refractivity contribution >= 4 is 35.6 Å². The van der Waals surface area contributed by atoms with E-state index in [1.807, 2.05) is 7.05 Å². The number of piperazine rings is 1. The van der Waals surface area contributed by atoms with Crippen LogP contribution in [0.15, 0.2) is 35.3 Å². The number of rotatable bonds is 3. The second-order valence-corrected chi connectivity index (χ2v) is 4.78. The minimum absolute atomic E-state index is 0. The van der Waals surface area contributed by atoms with Gasteiger partial charge < -0.3 is 15.1 Å². The van der Waals surface area contributed by atoms with Gasteiger partial charge in [0.15, 0.2) is 5.96 Å². The minimum Gasteiger partial charge on any atom is -0.368 e. The van der Waals surface area contributed by atoms with Crippen LogP contribution in [0.3, 0.4) is 0 Å². The topological polar surface area (TPSA) is 30.9 Å². The van der Waals surface area contributed by atoms with Crippen molar-refractivity contribution in [1.82, 2.24) is 10.2 Å². The van der Waals surface area contributed by atoms with Gasteiger partial charge in [-0.1, -0.05) is 25.1 Å². The maximum atomic E-state index is 4.36. The molecular formula is C15H25IN4. The van der Waals surface area contributed by atoms with Crippen molar-refractivity contribution in [3.8, 4) is 0 Å². The predicted molar refractivity (Wildman–Crippen MR) is 97.3 cm³/mol. The molecule has 112 valence electrons. The Labute approximate surface area is 139 Å². The first-order valence-corrected chi connectivity index (χ1v) is 7.10. The zero-order valence-corrected chi connectivity index (χ0v) is 14.7. The molecule has 1 saturated heterocycles. The lowest BCUT2D eigenvalue weighted by Crippen LogP contribution is -2.52. The van der Waals surface area contributed by atoms with Gasteiger partial charge in [0.1, 0.15) is 0 Å². The van der Waals surface area contributed by atoms with E-state index in [-0.39, 0.29) is 24.0 Å². The number of anilines is 1. The lowest BCUT2D eigenvalue weighted by Gasteiger charge is -2.37. The molecule has 0 aromatic heterocycles. The van der Waals surface area contributed by atoms with Gasteiger partial charge >= 0.3 is 0 Å². The molecule has 1 heterocycles. The molecule has 1 fully saturated rings. The van der Waals surface area contributed by atoms with Crippen molar-refractivity contribution in [2.45, 2.75) is 13.3 Å². The highest BCUT2D eigenvalue weighted by Crippen LogP contribution is 2.15. The van der Waals surface area contributed by atoms with Gasteiger partial charge in [-0.25, -0.2) is 0 Å². The second-order valence-electron chi connectivity index (χ2n) is 4.78. The van der Waals surface area contributed by atoms with E-state index < -0.39 is 0 Å². The van der Waals surface area contributed by atoms with Crippen LogP contribution < -0.4 is 10.2 Å². The van der Waals surface area contributed by atoms with Crippen LogP contribution in [0.1, 0.15) is 13.3 Å². The van der Waals surface area contributed by atoms with Gasteiger partial charge in [-0.2, -0.15) is 0 Å². The predicted octanol–water partition coefficient (Wildman–Crippen LogP) is 2.41. The van der Waals surface area contributed by atoms with Gasteiger partial charge in [0.2, 0.25) is 0 Å². The molecule has 2 rings (SSSR count). The van der Waals surface area contributed by atoms with E-state index in [0.29, 0.717) is 0 Å². The molecule has 0 unspecified atom stereocenters. The van der Waals surface area contributed by atoms with E-state index >= 15 is 0 Å². The SMILES string of the molecule is CCCNC(=NC)N1CCN(c2ccccc2)CC1.I. The number of hydrogen-bond donors (Lipinski definition) is 1. The first-order valence-electron chi connectivity index (χ1n) is 7.10. The standard InChI is InChI=1S/C15H24N4.HI/c1-3-9-17-15(16-2)19-12-10-18(11-13-19)14-7-5-4-6-8-14;/h4-8H,3,9-13H2,1-2H3,(H,16,17);1H. The van der Waals surface area contributed by atoms with Crippen molar-refractivity contribution in [1.29, 1.82) is 0 Å². The van der Waals surface area contributed by atoms with E-state index in [0.717, 1.165) is 45.1 Å². The molecular weight excluding hydrogens is 363 g/mol. The molecule has 0 saturated carbocycles. The third kappa shape index (κ3) is 4.54. The summed E-state index contributed by atoms with van der Waals surface area (Å²) in [6, 6.07) is 10.6. The number of nitrogens with zero attached hydrogens (tertiary/aromatic N) is 3. The summed E-state index contributed by atoms with van der Waals surface area (Å²) in [6.07, 6.45) is 1.13. The summed E-state index contributed by atoms with van der Waals surface area (Å²) < 4.78 is 0. The van der Waals surface area contributed by atoms with E-state index in [1.165, 1.54) is 5.69 Å². The van der Waals surface area contributed by atoms with Crippen molar-refractivity contribution < 1.29 is 0 Å². The number of benzene rings is 1. The fraction of sp³-hybridized carbons (Fsp3) is 0.533. The molecule has 0 bridgehead atoms. The van der Waals surface area contributed by atoms with Gasteiger partial charge in [-0.15, -0.1) is 24.0 Å². The summed E-state index contributed by atoms with van der Waals surface area (Å²) in [5, 5.41) is 3.40. The van der Waals surface area contributed by atoms with Gasteiger partial charge in [-0.05, 0) is 18.6 Å². The van der Waals surface area contributed by atoms with Crippen LogP contribution in [0.2, 0.25) is 0 Å². The Morgan fingerprint density at radius 3 is 2.35 bits per heavy atom. The Morgan fingerprint density at radius 2 is 1.80 bits per heavy atom. The average molecular weight is 388 g/mol. The average Bonchev–Trinajstić information content (AvgIpc) is 2.49. The molecule has 0 atom stereocenters. The molecule has 1 aliphatic rings. The smallest absolute Gasteiger partial charge is 0.193 e. The lowest BCUT2D eigenvalue weighted by molar-refractivity contribution is 0.373. The van der Waals surface area contributed by atoms with Crippen LogP contribution in [0.25, 0.3) is 0 Å². The van der Waals surface area contributed by atoms with Gasteiger partial charge in [0.05, 0.1) is 0 Å². The number of hydrogen-bond acceptors (Lipinski definition) is 2. The van der Waals surface area contributed by atoms with Crippen molar-refractivity contribution in [2.24, 2.45) is 4.99 Å². The summed E-state index contributed by atoms with van der Waals surface area (Å²) in [5.41, 5.74) is 1.32.